The zero-order valence-corrected chi connectivity index (χ0v) is 14.8. The number of nitrogens with zero attached hydrogens (tertiary/aromatic N) is 1. The molecule has 0 saturated carbocycles. The van der Waals surface area contributed by atoms with Crippen LogP contribution in [0.2, 0.25) is 0 Å². The summed E-state index contributed by atoms with van der Waals surface area (Å²) >= 11 is 0. The molecule has 4 nitrogen and oxygen atoms in total. The van der Waals surface area contributed by atoms with E-state index in [4.69, 9.17) is 10.5 Å². The Kier molecular flexibility index (Phi) is 6.62. The zero-order chi connectivity index (χ0) is 16.9. The van der Waals surface area contributed by atoms with Crippen LogP contribution in [-0.2, 0) is 0 Å². The third-order valence-electron chi connectivity index (χ3n) is 4.35. The fourth-order valence-corrected chi connectivity index (χ4v) is 3.08. The van der Waals surface area contributed by atoms with Crippen LogP contribution in [-0.4, -0.2) is 36.5 Å². The van der Waals surface area contributed by atoms with E-state index in [0.717, 1.165) is 5.75 Å². The lowest BCUT2D eigenvalue weighted by Gasteiger charge is -2.17. The Labute approximate surface area is 154 Å². The van der Waals surface area contributed by atoms with E-state index < -0.39 is 0 Å². The molecule has 2 aromatic carbocycles. The largest absolute Gasteiger partial charge is 0.490 e. The molecule has 3 rings (SSSR count). The van der Waals surface area contributed by atoms with Crippen LogP contribution in [0.5, 0.6) is 5.75 Å². The van der Waals surface area contributed by atoms with E-state index in [9.17, 15) is 4.79 Å². The summed E-state index contributed by atoms with van der Waals surface area (Å²) in [6.45, 7) is 5.29. The van der Waals surface area contributed by atoms with Crippen molar-refractivity contribution in [2.75, 3.05) is 19.7 Å². The molecule has 1 amide bonds. The van der Waals surface area contributed by atoms with Gasteiger partial charge in [0.15, 0.2) is 0 Å². The molecule has 0 unspecified atom stereocenters. The minimum absolute atomic E-state index is 0. The topological polar surface area (TPSA) is 55.6 Å². The maximum absolute atomic E-state index is 12.7. The monoisotopic (exact) mass is 358 g/mol. The summed E-state index contributed by atoms with van der Waals surface area (Å²) in [4.78, 5) is 14.5. The van der Waals surface area contributed by atoms with E-state index in [-0.39, 0.29) is 30.3 Å². The van der Waals surface area contributed by atoms with Crippen molar-refractivity contribution in [3.05, 3.63) is 78.4 Å². The molecule has 2 atom stereocenters. The maximum atomic E-state index is 12.7. The standard InChI is InChI=1S/C20H22N2O2.ClH/c1-2-12-24-17-10-8-16(9-11-17)20(23)22-13-18(19(21)14-22)15-6-4-3-5-7-15;/h2-11,18-19H,1,12-14,21H2;1H/t18-,19+;/m0./s1. The molecule has 0 radical (unpaired) electrons. The molecule has 0 spiro atoms. The first-order chi connectivity index (χ1) is 11.7. The van der Waals surface area contributed by atoms with Gasteiger partial charge in [-0.25, -0.2) is 0 Å². The Morgan fingerprint density at radius 3 is 2.48 bits per heavy atom. The van der Waals surface area contributed by atoms with E-state index in [2.05, 4.69) is 18.7 Å². The van der Waals surface area contributed by atoms with Gasteiger partial charge in [0, 0.05) is 30.6 Å². The number of amides is 1. The van der Waals surface area contributed by atoms with E-state index in [0.29, 0.717) is 25.3 Å². The first kappa shape index (κ1) is 19.0. The number of nitrogens with two attached hydrogens (primary N) is 1. The highest BCUT2D eigenvalue weighted by molar-refractivity contribution is 5.94. The molecule has 1 heterocycles. The quantitative estimate of drug-likeness (QED) is 0.835. The number of carbonyl (C=O) groups is 1. The van der Waals surface area contributed by atoms with Crippen LogP contribution < -0.4 is 10.5 Å². The summed E-state index contributed by atoms with van der Waals surface area (Å²) < 4.78 is 5.44. The van der Waals surface area contributed by atoms with Crippen molar-refractivity contribution in [1.29, 1.82) is 0 Å². The van der Waals surface area contributed by atoms with Gasteiger partial charge in [-0.2, -0.15) is 0 Å². The van der Waals surface area contributed by atoms with Crippen molar-refractivity contribution in [3.63, 3.8) is 0 Å². The molecule has 1 aliphatic heterocycles. The number of hydrogen-bond donors (Lipinski definition) is 1. The van der Waals surface area contributed by atoms with E-state index in [1.807, 2.05) is 23.1 Å². The number of carbonyl (C=O) groups excluding carboxylic acids is 1. The fraction of sp³-hybridized carbons (Fsp3) is 0.250. The molecule has 0 aromatic heterocycles. The molecule has 2 aromatic rings. The third kappa shape index (κ3) is 4.41. The first-order valence-corrected chi connectivity index (χ1v) is 8.12. The third-order valence-corrected chi connectivity index (χ3v) is 4.35. The molecule has 1 aliphatic rings. The summed E-state index contributed by atoms with van der Waals surface area (Å²) in [6, 6.07) is 17.3. The molecular formula is C20H23ClN2O2. The average Bonchev–Trinajstić information content (AvgIpc) is 3.02. The van der Waals surface area contributed by atoms with Crippen molar-refractivity contribution >= 4 is 18.3 Å². The molecule has 2 N–H and O–H groups in total. The van der Waals surface area contributed by atoms with Crippen molar-refractivity contribution in [2.45, 2.75) is 12.0 Å². The molecule has 25 heavy (non-hydrogen) atoms. The van der Waals surface area contributed by atoms with Gasteiger partial charge in [0.2, 0.25) is 0 Å². The van der Waals surface area contributed by atoms with Gasteiger partial charge in [-0.3, -0.25) is 4.79 Å². The van der Waals surface area contributed by atoms with Gasteiger partial charge in [0.1, 0.15) is 12.4 Å². The fourth-order valence-electron chi connectivity index (χ4n) is 3.08. The Hall–Kier alpha value is -2.30. The molecule has 0 bridgehead atoms. The van der Waals surface area contributed by atoms with Gasteiger partial charge in [-0.15, -0.1) is 12.4 Å². The van der Waals surface area contributed by atoms with Crippen molar-refractivity contribution in [3.8, 4) is 5.75 Å². The molecular weight excluding hydrogens is 336 g/mol. The van der Waals surface area contributed by atoms with Gasteiger partial charge in [-0.05, 0) is 29.8 Å². The lowest BCUT2D eigenvalue weighted by molar-refractivity contribution is 0.0789. The maximum Gasteiger partial charge on any atom is 0.253 e. The normalized spacial score (nSPS) is 19.2. The van der Waals surface area contributed by atoms with E-state index in [1.54, 1.807) is 30.3 Å². The number of hydrogen-bond acceptors (Lipinski definition) is 3. The number of likely N-dealkylation sites (tertiary alicyclic amines) is 1. The number of benzene rings is 2. The summed E-state index contributed by atoms with van der Waals surface area (Å²) in [5.41, 5.74) is 8.12. The minimum atomic E-state index is -0.0356. The Bertz CT molecular complexity index is 703. The lowest BCUT2D eigenvalue weighted by Crippen LogP contribution is -2.32. The Morgan fingerprint density at radius 1 is 1.16 bits per heavy atom. The summed E-state index contributed by atoms with van der Waals surface area (Å²) in [5.74, 6) is 0.927. The molecule has 1 saturated heterocycles. The van der Waals surface area contributed by atoms with Crippen LogP contribution in [0.4, 0.5) is 0 Å². The number of halogens is 1. The SMILES string of the molecule is C=CCOc1ccc(C(=O)N2C[C@@H](N)[C@H](c3ccccc3)C2)cc1.Cl. The number of rotatable bonds is 5. The lowest BCUT2D eigenvalue weighted by atomic mass is 9.95. The van der Waals surface area contributed by atoms with Gasteiger partial charge in [0.25, 0.3) is 5.91 Å². The summed E-state index contributed by atoms with van der Waals surface area (Å²) in [7, 11) is 0. The van der Waals surface area contributed by atoms with E-state index in [1.165, 1.54) is 5.56 Å². The second kappa shape index (κ2) is 8.70. The highest BCUT2D eigenvalue weighted by Gasteiger charge is 2.34. The van der Waals surface area contributed by atoms with Crippen LogP contribution in [0.3, 0.4) is 0 Å². The van der Waals surface area contributed by atoms with Gasteiger partial charge < -0.3 is 15.4 Å². The Morgan fingerprint density at radius 2 is 1.84 bits per heavy atom. The van der Waals surface area contributed by atoms with Crippen LogP contribution in [0.25, 0.3) is 0 Å². The summed E-state index contributed by atoms with van der Waals surface area (Å²) in [5, 5.41) is 0. The van der Waals surface area contributed by atoms with Gasteiger partial charge >= 0.3 is 0 Å². The van der Waals surface area contributed by atoms with Crippen LogP contribution in [0, 0.1) is 0 Å². The predicted molar refractivity (Wildman–Crippen MR) is 102 cm³/mol. The predicted octanol–water partition coefficient (Wildman–Crippen LogP) is 3.24. The van der Waals surface area contributed by atoms with Crippen LogP contribution in [0.15, 0.2) is 67.3 Å². The molecule has 0 aliphatic carbocycles. The van der Waals surface area contributed by atoms with Gasteiger partial charge in [-0.1, -0.05) is 43.0 Å². The number of ether oxygens (including phenoxy) is 1. The van der Waals surface area contributed by atoms with Crippen molar-refractivity contribution in [1.82, 2.24) is 4.90 Å². The zero-order valence-electron chi connectivity index (χ0n) is 14.0. The van der Waals surface area contributed by atoms with Gasteiger partial charge in [0.05, 0.1) is 0 Å². The highest BCUT2D eigenvalue weighted by Crippen LogP contribution is 2.27. The van der Waals surface area contributed by atoms with Crippen LogP contribution >= 0.6 is 12.4 Å². The van der Waals surface area contributed by atoms with Crippen LogP contribution in [0.1, 0.15) is 21.8 Å². The smallest absolute Gasteiger partial charge is 0.253 e. The highest BCUT2D eigenvalue weighted by atomic mass is 35.5. The van der Waals surface area contributed by atoms with Crippen molar-refractivity contribution < 1.29 is 9.53 Å². The molecule has 132 valence electrons. The minimum Gasteiger partial charge on any atom is -0.490 e. The second-order valence-electron chi connectivity index (χ2n) is 6.02. The molecule has 5 heteroatoms. The van der Waals surface area contributed by atoms with Crippen molar-refractivity contribution in [2.24, 2.45) is 5.73 Å². The summed E-state index contributed by atoms with van der Waals surface area (Å²) in [6.07, 6.45) is 1.69. The first-order valence-electron chi connectivity index (χ1n) is 8.12. The average molecular weight is 359 g/mol. The Balaban J connectivity index is 0.00000225. The molecule has 1 fully saturated rings. The second-order valence-corrected chi connectivity index (χ2v) is 6.02. The van der Waals surface area contributed by atoms with E-state index >= 15 is 0 Å².